The lowest BCUT2D eigenvalue weighted by Gasteiger charge is -2.27. The molecule has 0 radical (unpaired) electrons. The van der Waals surface area contributed by atoms with E-state index >= 15 is 0 Å². The van der Waals surface area contributed by atoms with Gasteiger partial charge in [-0.2, -0.15) is 0 Å². The summed E-state index contributed by atoms with van der Waals surface area (Å²) < 4.78 is 5.79. The van der Waals surface area contributed by atoms with Crippen molar-refractivity contribution in [2.45, 2.75) is 68.7 Å². The Bertz CT molecular complexity index is 2610. The summed E-state index contributed by atoms with van der Waals surface area (Å²) in [5, 5.41) is 35.7. The van der Waals surface area contributed by atoms with Gasteiger partial charge in [0.25, 0.3) is 5.91 Å². The Balaban J connectivity index is 1.22. The van der Waals surface area contributed by atoms with E-state index < -0.39 is 72.3 Å². The Labute approximate surface area is 391 Å². The third kappa shape index (κ3) is 13.9. The minimum absolute atomic E-state index is 0.00621. The van der Waals surface area contributed by atoms with Crippen LogP contribution in [-0.4, -0.2) is 82.5 Å². The summed E-state index contributed by atoms with van der Waals surface area (Å²) >= 11 is 1.41. The second kappa shape index (κ2) is 22.9. The van der Waals surface area contributed by atoms with Crippen LogP contribution in [0.1, 0.15) is 33.6 Å². The van der Waals surface area contributed by atoms with E-state index in [0.717, 1.165) is 21.6 Å². The molecule has 0 spiro atoms. The van der Waals surface area contributed by atoms with E-state index in [9.17, 15) is 39.0 Å². The topological polar surface area (TPSA) is 212 Å². The number of fused-ring (bicyclic) bond motifs is 16. The Morgan fingerprint density at radius 3 is 1.91 bits per heavy atom. The second-order valence-corrected chi connectivity index (χ2v) is 17.3. The summed E-state index contributed by atoms with van der Waals surface area (Å²) in [4.78, 5) is 84.5. The first-order chi connectivity index (χ1) is 32.4. The number of thiophene rings is 1. The van der Waals surface area contributed by atoms with Gasteiger partial charge in [-0.1, -0.05) is 115 Å². The molecule has 5 aromatic carbocycles. The van der Waals surface area contributed by atoms with E-state index in [4.69, 9.17) is 4.74 Å². The van der Waals surface area contributed by atoms with Gasteiger partial charge in [-0.3, -0.25) is 24.0 Å². The van der Waals surface area contributed by atoms with Crippen molar-refractivity contribution >= 4 is 46.8 Å². The normalized spacial score (nSPS) is 18.6. The highest BCUT2D eigenvalue weighted by molar-refractivity contribution is 7.09. The van der Waals surface area contributed by atoms with Crippen LogP contribution in [0.5, 0.6) is 11.5 Å². The Morgan fingerprint density at radius 1 is 0.642 bits per heavy atom. The molecule has 0 fully saturated rings. The van der Waals surface area contributed by atoms with Crippen LogP contribution in [0.4, 0.5) is 0 Å². The number of aromatic hydroxyl groups is 1. The number of aryl methyl sites for hydroxylation is 1. The van der Waals surface area contributed by atoms with Crippen molar-refractivity contribution in [2.75, 3.05) is 6.61 Å². The molecule has 3 heterocycles. The second-order valence-electron chi connectivity index (χ2n) is 16.3. The van der Waals surface area contributed by atoms with Gasteiger partial charge in [-0.25, -0.2) is 4.79 Å². The molecule has 1 aromatic heterocycles. The number of carboxylic acids is 1. The molecular formula is C52H51N5O9S. The van der Waals surface area contributed by atoms with E-state index in [-0.39, 0.29) is 37.9 Å². The van der Waals surface area contributed by atoms with Gasteiger partial charge in [0.1, 0.15) is 41.7 Å². The summed E-state index contributed by atoms with van der Waals surface area (Å²) in [6.45, 7) is -0.437. The Kier molecular flexibility index (Phi) is 16.1. The molecule has 14 nitrogen and oxygen atoms in total. The quantitative estimate of drug-likeness (QED) is 0.0783. The molecule has 0 aliphatic carbocycles. The first-order valence-corrected chi connectivity index (χ1v) is 22.8. The molecule has 5 amide bonds. The average molecular weight is 922 g/mol. The third-order valence-electron chi connectivity index (χ3n) is 11.3. The summed E-state index contributed by atoms with van der Waals surface area (Å²) in [6.07, 6.45) is 0.369. The van der Waals surface area contributed by atoms with Gasteiger partial charge < -0.3 is 41.5 Å². The molecule has 15 heteroatoms. The first-order valence-electron chi connectivity index (χ1n) is 21.9. The molecular weight excluding hydrogens is 871 g/mol. The maximum Gasteiger partial charge on any atom is 0.326 e. The maximum atomic E-state index is 14.7. The van der Waals surface area contributed by atoms with Crippen molar-refractivity contribution in [3.8, 4) is 22.6 Å². The highest BCUT2D eigenvalue weighted by Crippen LogP contribution is 2.21. The Hall–Kier alpha value is -7.78. The number of benzene rings is 5. The van der Waals surface area contributed by atoms with Gasteiger partial charge >= 0.3 is 5.97 Å². The lowest BCUT2D eigenvalue weighted by atomic mass is 9.99. The lowest BCUT2D eigenvalue weighted by Crippen LogP contribution is -2.60. The fourth-order valence-corrected chi connectivity index (χ4v) is 8.43. The predicted molar refractivity (Wildman–Crippen MR) is 253 cm³/mol. The molecule has 2 bridgehead atoms. The standard InChI is InChI=1S/C52H51N5O9S/c58-39-22-15-35(16-23-39)30-46(52(64)65)57-50(62)44-29-36-17-24-40(25-18-36)66-32-47(59)53-45(31-41-12-7-27-67-41)51(63)56-43(28-34-13-20-38(21-14-34)37-10-5-2-6-11-37)49(61)54-42(48(60)55-44)26-19-33-8-3-1-4-9-33/h1-18,20-25,27,42-46,58H,19,26,28-32H2,(H,53,59)(H,54,61)(H,55,60)(H,56,63)(H,57,62)(H,64,65). The molecule has 5 atom stereocenters. The largest absolute Gasteiger partial charge is 0.508 e. The highest BCUT2D eigenvalue weighted by atomic mass is 32.1. The predicted octanol–water partition coefficient (Wildman–Crippen LogP) is 4.93. The zero-order chi connectivity index (χ0) is 47.1. The molecule has 8 rings (SSSR count). The van der Waals surface area contributed by atoms with E-state index in [0.29, 0.717) is 28.9 Å². The minimum atomic E-state index is -1.41. The molecule has 67 heavy (non-hydrogen) atoms. The molecule has 0 saturated carbocycles. The van der Waals surface area contributed by atoms with Crippen molar-refractivity contribution < 1.29 is 43.7 Å². The van der Waals surface area contributed by atoms with Crippen LogP contribution in [0.2, 0.25) is 0 Å². The fourth-order valence-electron chi connectivity index (χ4n) is 7.68. The van der Waals surface area contributed by atoms with Crippen LogP contribution in [0, 0.1) is 0 Å². The first kappa shape index (κ1) is 47.2. The Morgan fingerprint density at radius 2 is 1.25 bits per heavy atom. The number of carbonyl (C=O) groups is 6. The number of hydrogen-bond donors (Lipinski definition) is 7. The number of phenols is 1. The van der Waals surface area contributed by atoms with Crippen molar-refractivity contribution in [3.63, 3.8) is 0 Å². The van der Waals surface area contributed by atoms with Gasteiger partial charge in [-0.05, 0) is 81.9 Å². The molecule has 5 unspecified atom stereocenters. The number of carboxylic acid groups (broad SMARTS) is 1. The molecule has 2 aliphatic heterocycles. The highest BCUT2D eigenvalue weighted by Gasteiger charge is 2.33. The van der Waals surface area contributed by atoms with Crippen LogP contribution in [0.15, 0.2) is 151 Å². The number of rotatable bonds is 13. The number of phenolic OH excluding ortho intramolecular Hbond substituents is 1. The maximum absolute atomic E-state index is 14.7. The van der Waals surface area contributed by atoms with Gasteiger partial charge in [0, 0.05) is 30.6 Å². The van der Waals surface area contributed by atoms with E-state index in [1.807, 2.05) is 102 Å². The molecule has 344 valence electrons. The van der Waals surface area contributed by atoms with Crippen molar-refractivity contribution in [2.24, 2.45) is 0 Å². The lowest BCUT2D eigenvalue weighted by molar-refractivity contribution is -0.142. The van der Waals surface area contributed by atoms with Gasteiger partial charge in [0.2, 0.25) is 23.6 Å². The fraction of sp³-hybridized carbons (Fsp3) is 0.231. The van der Waals surface area contributed by atoms with Gasteiger partial charge in [0.15, 0.2) is 6.61 Å². The van der Waals surface area contributed by atoms with E-state index in [2.05, 4.69) is 26.6 Å². The smallest absolute Gasteiger partial charge is 0.326 e. The zero-order valence-corrected chi connectivity index (χ0v) is 37.2. The molecule has 7 N–H and O–H groups in total. The number of aliphatic carboxylic acids is 1. The summed E-state index contributed by atoms with van der Waals surface area (Å²) in [5.74, 6) is -4.42. The molecule has 6 aromatic rings. The average Bonchev–Trinajstić information content (AvgIpc) is 3.86. The molecule has 2 aliphatic rings. The third-order valence-corrected chi connectivity index (χ3v) is 12.2. The van der Waals surface area contributed by atoms with Gasteiger partial charge in [0.05, 0.1) is 0 Å². The molecule has 0 saturated heterocycles. The zero-order valence-electron chi connectivity index (χ0n) is 36.4. The SMILES string of the molecule is O=C1COc2ccc(cc2)CC(C(=O)NC(Cc2ccc(O)cc2)C(=O)O)NC(=O)C(CCc2ccccc2)NC(=O)C(Cc2ccc(-c3ccccc3)cc2)NC(=O)C(Cc2cccs2)N1. The van der Waals surface area contributed by atoms with Crippen molar-refractivity contribution in [1.82, 2.24) is 26.6 Å². The summed E-state index contributed by atoms with van der Waals surface area (Å²) in [5.41, 5.74) is 4.63. The van der Waals surface area contributed by atoms with Crippen molar-refractivity contribution in [3.05, 3.63) is 178 Å². The van der Waals surface area contributed by atoms with Crippen LogP contribution in [-0.2, 0) is 60.9 Å². The van der Waals surface area contributed by atoms with E-state index in [1.54, 1.807) is 36.4 Å². The summed E-state index contributed by atoms with van der Waals surface area (Å²) in [7, 11) is 0. The monoisotopic (exact) mass is 921 g/mol. The number of hydrogen-bond acceptors (Lipinski definition) is 9. The number of carbonyl (C=O) groups excluding carboxylic acids is 5. The number of amides is 5. The number of ether oxygens (including phenoxy) is 1. The van der Waals surface area contributed by atoms with Crippen LogP contribution < -0.4 is 31.3 Å². The van der Waals surface area contributed by atoms with Crippen molar-refractivity contribution in [1.29, 1.82) is 0 Å². The number of nitrogens with one attached hydrogen (secondary N) is 5. The van der Waals surface area contributed by atoms with E-state index in [1.165, 1.54) is 23.5 Å². The van der Waals surface area contributed by atoms with Crippen LogP contribution in [0.25, 0.3) is 11.1 Å². The minimum Gasteiger partial charge on any atom is -0.508 e. The summed E-state index contributed by atoms with van der Waals surface area (Å²) in [6, 6.07) is 36.4. The van der Waals surface area contributed by atoms with Crippen LogP contribution in [0.3, 0.4) is 0 Å². The van der Waals surface area contributed by atoms with Crippen LogP contribution >= 0.6 is 11.3 Å². The van der Waals surface area contributed by atoms with Gasteiger partial charge in [-0.15, -0.1) is 11.3 Å².